The van der Waals surface area contributed by atoms with Crippen molar-refractivity contribution < 1.29 is 4.74 Å². The van der Waals surface area contributed by atoms with Gasteiger partial charge in [0.15, 0.2) is 0 Å². The molecule has 2 N–H and O–H groups in total. The van der Waals surface area contributed by atoms with E-state index in [0.29, 0.717) is 6.61 Å². The van der Waals surface area contributed by atoms with E-state index in [1.165, 1.54) is 17.7 Å². The van der Waals surface area contributed by atoms with Gasteiger partial charge in [0.25, 0.3) is 0 Å². The first-order chi connectivity index (χ1) is 9.81. The first-order valence-corrected chi connectivity index (χ1v) is 7.94. The maximum atomic E-state index is 5.80. The zero-order valence-electron chi connectivity index (χ0n) is 11.5. The summed E-state index contributed by atoms with van der Waals surface area (Å²) >= 11 is 1.83. The normalized spacial score (nSPS) is 14.7. The van der Waals surface area contributed by atoms with E-state index >= 15 is 0 Å². The second-order valence-corrected chi connectivity index (χ2v) is 6.23. The van der Waals surface area contributed by atoms with Gasteiger partial charge >= 0.3 is 0 Å². The molecule has 1 heterocycles. The number of rotatable bonds is 7. The molecule has 1 saturated carbocycles. The van der Waals surface area contributed by atoms with Crippen LogP contribution in [0.3, 0.4) is 0 Å². The van der Waals surface area contributed by atoms with Gasteiger partial charge in [-0.2, -0.15) is 0 Å². The summed E-state index contributed by atoms with van der Waals surface area (Å²) in [5.41, 5.74) is 6.50. The summed E-state index contributed by atoms with van der Waals surface area (Å²) in [6.07, 6.45) is 2.65. The highest BCUT2D eigenvalue weighted by Gasteiger charge is 2.28. The van der Waals surface area contributed by atoms with E-state index in [1.54, 1.807) is 0 Å². The van der Waals surface area contributed by atoms with Crippen molar-refractivity contribution in [2.75, 3.05) is 18.9 Å². The Bertz CT molecular complexity index is 537. The summed E-state index contributed by atoms with van der Waals surface area (Å²) in [6, 6.07) is 12.7. The molecular formula is C16H20N2OS. The summed E-state index contributed by atoms with van der Waals surface area (Å²) < 4.78 is 5.80. The Morgan fingerprint density at radius 1 is 1.25 bits per heavy atom. The third-order valence-corrected chi connectivity index (χ3v) is 4.37. The van der Waals surface area contributed by atoms with Gasteiger partial charge in [-0.05, 0) is 36.4 Å². The summed E-state index contributed by atoms with van der Waals surface area (Å²) in [7, 11) is 0. The Morgan fingerprint density at radius 2 is 2.15 bits per heavy atom. The molecule has 1 aliphatic rings. The van der Waals surface area contributed by atoms with Crippen LogP contribution in [0.15, 0.2) is 41.8 Å². The number of nitrogens with two attached hydrogens (primary N) is 1. The predicted octanol–water partition coefficient (Wildman–Crippen LogP) is 3.37. The lowest BCUT2D eigenvalue weighted by Gasteiger charge is -2.21. The maximum absolute atomic E-state index is 5.80. The molecule has 0 spiro atoms. The van der Waals surface area contributed by atoms with Crippen LogP contribution < -0.4 is 10.5 Å². The first kappa shape index (κ1) is 13.5. The standard InChI is InChI=1S/C16H20N2OS/c17-13-3-1-4-15(11-13)19-9-8-18(14-6-7-14)12-16-5-2-10-20-16/h1-5,10-11,14H,6-9,12,17H2. The molecule has 4 heteroatoms. The van der Waals surface area contributed by atoms with Gasteiger partial charge in [0.05, 0.1) is 0 Å². The zero-order valence-corrected chi connectivity index (χ0v) is 12.3. The Labute approximate surface area is 124 Å². The molecule has 0 radical (unpaired) electrons. The number of thiophene rings is 1. The van der Waals surface area contributed by atoms with Crippen LogP contribution in [0.5, 0.6) is 5.75 Å². The Hall–Kier alpha value is -1.52. The number of hydrogen-bond donors (Lipinski definition) is 1. The average molecular weight is 288 g/mol. The lowest BCUT2D eigenvalue weighted by molar-refractivity contribution is 0.196. The fraction of sp³-hybridized carbons (Fsp3) is 0.375. The van der Waals surface area contributed by atoms with E-state index in [0.717, 1.165) is 30.6 Å². The van der Waals surface area contributed by atoms with E-state index < -0.39 is 0 Å². The van der Waals surface area contributed by atoms with Gasteiger partial charge in [-0.1, -0.05) is 12.1 Å². The summed E-state index contributed by atoms with van der Waals surface area (Å²) in [5.74, 6) is 0.858. The van der Waals surface area contributed by atoms with Crippen LogP contribution in [0, 0.1) is 0 Å². The molecule has 106 valence electrons. The number of ether oxygens (including phenoxy) is 1. The molecule has 20 heavy (non-hydrogen) atoms. The number of anilines is 1. The van der Waals surface area contributed by atoms with Crippen LogP contribution in [-0.2, 0) is 6.54 Å². The van der Waals surface area contributed by atoms with E-state index in [2.05, 4.69) is 22.4 Å². The molecule has 1 aromatic heterocycles. The maximum Gasteiger partial charge on any atom is 0.121 e. The molecule has 3 rings (SSSR count). The zero-order chi connectivity index (χ0) is 13.8. The molecule has 1 aromatic carbocycles. The highest BCUT2D eigenvalue weighted by atomic mass is 32.1. The monoisotopic (exact) mass is 288 g/mol. The largest absolute Gasteiger partial charge is 0.492 e. The molecule has 3 nitrogen and oxygen atoms in total. The minimum atomic E-state index is 0.714. The van der Waals surface area contributed by atoms with Crippen molar-refractivity contribution in [3.05, 3.63) is 46.7 Å². The van der Waals surface area contributed by atoms with Crippen molar-refractivity contribution in [3.8, 4) is 5.75 Å². The van der Waals surface area contributed by atoms with E-state index in [9.17, 15) is 0 Å². The Kier molecular flexibility index (Phi) is 4.23. The summed E-state index contributed by atoms with van der Waals surface area (Å²) in [4.78, 5) is 3.96. The van der Waals surface area contributed by atoms with Gasteiger partial charge in [0.1, 0.15) is 12.4 Å². The van der Waals surface area contributed by atoms with E-state index in [4.69, 9.17) is 10.5 Å². The van der Waals surface area contributed by atoms with Crippen LogP contribution in [-0.4, -0.2) is 24.1 Å². The van der Waals surface area contributed by atoms with Crippen molar-refractivity contribution in [1.29, 1.82) is 0 Å². The van der Waals surface area contributed by atoms with Gasteiger partial charge in [-0.3, -0.25) is 4.90 Å². The van der Waals surface area contributed by atoms with Crippen LogP contribution in [0.2, 0.25) is 0 Å². The number of nitrogen functional groups attached to an aromatic ring is 1. The summed E-state index contributed by atoms with van der Waals surface area (Å²) in [6.45, 7) is 2.73. The minimum absolute atomic E-state index is 0.714. The molecule has 0 aliphatic heterocycles. The molecule has 0 amide bonds. The second-order valence-electron chi connectivity index (χ2n) is 5.20. The summed E-state index contributed by atoms with van der Waals surface area (Å²) in [5, 5.41) is 2.14. The van der Waals surface area contributed by atoms with Gasteiger partial charge in [-0.25, -0.2) is 0 Å². The van der Waals surface area contributed by atoms with Crippen LogP contribution >= 0.6 is 11.3 Å². The van der Waals surface area contributed by atoms with E-state index in [1.807, 2.05) is 35.6 Å². The van der Waals surface area contributed by atoms with Gasteiger partial charge in [0.2, 0.25) is 0 Å². The molecular weight excluding hydrogens is 268 g/mol. The van der Waals surface area contributed by atoms with Crippen molar-refractivity contribution in [2.24, 2.45) is 0 Å². The molecule has 0 saturated heterocycles. The van der Waals surface area contributed by atoms with Crippen molar-refractivity contribution in [3.63, 3.8) is 0 Å². The quantitative estimate of drug-likeness (QED) is 0.794. The van der Waals surface area contributed by atoms with Gasteiger partial charge < -0.3 is 10.5 Å². The molecule has 1 fully saturated rings. The van der Waals surface area contributed by atoms with Crippen LogP contribution in [0.25, 0.3) is 0 Å². The van der Waals surface area contributed by atoms with Crippen molar-refractivity contribution in [1.82, 2.24) is 4.90 Å². The van der Waals surface area contributed by atoms with Crippen LogP contribution in [0.4, 0.5) is 5.69 Å². The first-order valence-electron chi connectivity index (χ1n) is 7.06. The lowest BCUT2D eigenvalue weighted by atomic mass is 10.3. The highest BCUT2D eigenvalue weighted by molar-refractivity contribution is 7.09. The second kappa shape index (κ2) is 6.29. The van der Waals surface area contributed by atoms with Gasteiger partial charge in [-0.15, -0.1) is 11.3 Å². The van der Waals surface area contributed by atoms with Gasteiger partial charge in [0, 0.05) is 35.8 Å². The third-order valence-electron chi connectivity index (χ3n) is 3.51. The third kappa shape index (κ3) is 3.74. The smallest absolute Gasteiger partial charge is 0.121 e. The van der Waals surface area contributed by atoms with Crippen molar-refractivity contribution >= 4 is 17.0 Å². The minimum Gasteiger partial charge on any atom is -0.492 e. The molecule has 0 unspecified atom stereocenters. The fourth-order valence-corrected chi connectivity index (χ4v) is 3.05. The molecule has 0 bridgehead atoms. The topological polar surface area (TPSA) is 38.5 Å². The number of nitrogens with zero attached hydrogens (tertiary/aromatic N) is 1. The SMILES string of the molecule is Nc1cccc(OCCN(Cc2cccs2)C2CC2)c1. The molecule has 1 aliphatic carbocycles. The highest BCUT2D eigenvalue weighted by Crippen LogP contribution is 2.29. The van der Waals surface area contributed by atoms with E-state index in [-0.39, 0.29) is 0 Å². The fourth-order valence-electron chi connectivity index (χ4n) is 2.32. The Balaban J connectivity index is 1.50. The Morgan fingerprint density at radius 3 is 2.85 bits per heavy atom. The lowest BCUT2D eigenvalue weighted by Crippen LogP contribution is -2.29. The number of benzene rings is 1. The number of hydrogen-bond acceptors (Lipinski definition) is 4. The van der Waals surface area contributed by atoms with Crippen molar-refractivity contribution in [2.45, 2.75) is 25.4 Å². The molecule has 0 atom stereocenters. The average Bonchev–Trinajstić information content (AvgIpc) is 3.16. The molecule has 2 aromatic rings. The van der Waals surface area contributed by atoms with Crippen LogP contribution in [0.1, 0.15) is 17.7 Å². The predicted molar refractivity (Wildman–Crippen MR) is 84.1 cm³/mol.